The standard InChI is InChI=1S/C10H17NO2/c12-10-2-1-5-11(6-3-10)9-4-7-13-8-9/h9H,1-8H2. The number of ether oxygens (including phenoxy) is 1. The van der Waals surface area contributed by atoms with E-state index in [0.29, 0.717) is 11.8 Å². The first-order valence-electron chi connectivity index (χ1n) is 5.20. The van der Waals surface area contributed by atoms with E-state index in [0.717, 1.165) is 52.0 Å². The third-order valence-electron chi connectivity index (χ3n) is 3.00. The van der Waals surface area contributed by atoms with E-state index in [2.05, 4.69) is 4.90 Å². The van der Waals surface area contributed by atoms with Crippen LogP contribution in [0.5, 0.6) is 0 Å². The summed E-state index contributed by atoms with van der Waals surface area (Å²) in [5.41, 5.74) is 0. The molecule has 0 N–H and O–H groups in total. The fourth-order valence-corrected chi connectivity index (χ4v) is 2.16. The van der Waals surface area contributed by atoms with Gasteiger partial charge in [0.2, 0.25) is 0 Å². The lowest BCUT2D eigenvalue weighted by Gasteiger charge is -2.25. The van der Waals surface area contributed by atoms with Crippen molar-refractivity contribution in [3.05, 3.63) is 0 Å². The second-order valence-corrected chi connectivity index (χ2v) is 3.95. The van der Waals surface area contributed by atoms with Crippen LogP contribution in [0.15, 0.2) is 0 Å². The Balaban J connectivity index is 1.87. The van der Waals surface area contributed by atoms with E-state index in [1.807, 2.05) is 0 Å². The Labute approximate surface area is 79.0 Å². The van der Waals surface area contributed by atoms with Crippen molar-refractivity contribution in [1.82, 2.24) is 4.90 Å². The van der Waals surface area contributed by atoms with Crippen molar-refractivity contribution in [3.63, 3.8) is 0 Å². The van der Waals surface area contributed by atoms with Crippen molar-refractivity contribution in [2.24, 2.45) is 0 Å². The fourth-order valence-electron chi connectivity index (χ4n) is 2.16. The number of rotatable bonds is 1. The molecule has 2 aliphatic rings. The largest absolute Gasteiger partial charge is 0.380 e. The van der Waals surface area contributed by atoms with Gasteiger partial charge in [0.15, 0.2) is 0 Å². The van der Waals surface area contributed by atoms with Crippen LogP contribution < -0.4 is 0 Å². The Bertz CT molecular complexity index is 187. The van der Waals surface area contributed by atoms with Gasteiger partial charge in [0.1, 0.15) is 5.78 Å². The molecule has 2 rings (SSSR count). The molecule has 0 spiro atoms. The van der Waals surface area contributed by atoms with Crippen molar-refractivity contribution in [2.45, 2.75) is 31.7 Å². The van der Waals surface area contributed by atoms with E-state index >= 15 is 0 Å². The third kappa shape index (κ3) is 2.29. The van der Waals surface area contributed by atoms with Crippen LogP contribution >= 0.6 is 0 Å². The summed E-state index contributed by atoms with van der Waals surface area (Å²) in [6, 6.07) is 0.589. The molecule has 74 valence electrons. The smallest absolute Gasteiger partial charge is 0.134 e. The van der Waals surface area contributed by atoms with Crippen LogP contribution in [0, 0.1) is 0 Å². The molecule has 2 saturated heterocycles. The molecule has 0 aliphatic carbocycles. The molecule has 3 nitrogen and oxygen atoms in total. The van der Waals surface area contributed by atoms with Gasteiger partial charge in [-0.15, -0.1) is 0 Å². The maximum Gasteiger partial charge on any atom is 0.134 e. The van der Waals surface area contributed by atoms with Gasteiger partial charge in [-0.2, -0.15) is 0 Å². The first-order chi connectivity index (χ1) is 6.36. The van der Waals surface area contributed by atoms with Gasteiger partial charge in [0, 0.05) is 32.0 Å². The van der Waals surface area contributed by atoms with Gasteiger partial charge in [-0.3, -0.25) is 9.69 Å². The minimum Gasteiger partial charge on any atom is -0.380 e. The van der Waals surface area contributed by atoms with Gasteiger partial charge < -0.3 is 4.74 Å². The molecule has 0 amide bonds. The molecular weight excluding hydrogens is 166 g/mol. The van der Waals surface area contributed by atoms with E-state index in [1.54, 1.807) is 0 Å². The maximum absolute atomic E-state index is 11.2. The fraction of sp³-hybridized carbons (Fsp3) is 0.900. The first kappa shape index (κ1) is 9.16. The number of carbonyl (C=O) groups excluding carboxylic acids is 1. The Morgan fingerprint density at radius 3 is 3.00 bits per heavy atom. The molecule has 3 heteroatoms. The molecule has 2 aliphatic heterocycles. The van der Waals surface area contributed by atoms with E-state index in [4.69, 9.17) is 4.74 Å². The van der Waals surface area contributed by atoms with E-state index in [9.17, 15) is 4.79 Å². The summed E-state index contributed by atoms with van der Waals surface area (Å²) >= 11 is 0. The van der Waals surface area contributed by atoms with Gasteiger partial charge in [-0.1, -0.05) is 0 Å². The molecule has 0 aromatic carbocycles. The third-order valence-corrected chi connectivity index (χ3v) is 3.00. The number of ketones is 1. The summed E-state index contributed by atoms with van der Waals surface area (Å²) in [7, 11) is 0. The number of nitrogens with zero attached hydrogens (tertiary/aromatic N) is 1. The average Bonchev–Trinajstić information content (AvgIpc) is 2.56. The van der Waals surface area contributed by atoms with Gasteiger partial charge in [-0.05, 0) is 19.4 Å². The van der Waals surface area contributed by atoms with E-state index < -0.39 is 0 Å². The second kappa shape index (κ2) is 4.20. The molecule has 0 radical (unpaired) electrons. The van der Waals surface area contributed by atoms with Gasteiger partial charge in [-0.25, -0.2) is 0 Å². The summed E-state index contributed by atoms with van der Waals surface area (Å²) in [5.74, 6) is 0.432. The highest BCUT2D eigenvalue weighted by Crippen LogP contribution is 2.16. The summed E-state index contributed by atoms with van der Waals surface area (Å²) in [5, 5.41) is 0. The van der Waals surface area contributed by atoms with Crippen molar-refractivity contribution < 1.29 is 9.53 Å². The van der Waals surface area contributed by atoms with E-state index in [-0.39, 0.29) is 0 Å². The molecule has 0 aromatic heterocycles. The molecule has 2 fully saturated rings. The molecule has 13 heavy (non-hydrogen) atoms. The van der Waals surface area contributed by atoms with Crippen LogP contribution in [0.25, 0.3) is 0 Å². The van der Waals surface area contributed by atoms with Crippen molar-refractivity contribution in [1.29, 1.82) is 0 Å². The lowest BCUT2D eigenvalue weighted by atomic mass is 10.2. The number of hydrogen-bond donors (Lipinski definition) is 0. The van der Waals surface area contributed by atoms with Crippen LogP contribution in [0.1, 0.15) is 25.7 Å². The molecule has 0 saturated carbocycles. The lowest BCUT2D eigenvalue weighted by Crippen LogP contribution is -2.36. The molecule has 0 aromatic rings. The molecule has 0 bridgehead atoms. The lowest BCUT2D eigenvalue weighted by molar-refractivity contribution is -0.118. The zero-order valence-electron chi connectivity index (χ0n) is 8.00. The monoisotopic (exact) mass is 183 g/mol. The predicted molar refractivity (Wildman–Crippen MR) is 49.7 cm³/mol. The number of likely N-dealkylation sites (tertiary alicyclic amines) is 1. The summed E-state index contributed by atoms with van der Waals surface area (Å²) < 4.78 is 5.35. The normalized spacial score (nSPS) is 32.0. The van der Waals surface area contributed by atoms with Crippen molar-refractivity contribution in [2.75, 3.05) is 26.3 Å². The van der Waals surface area contributed by atoms with Crippen LogP contribution in [0.4, 0.5) is 0 Å². The molecule has 1 atom stereocenters. The maximum atomic E-state index is 11.2. The Morgan fingerprint density at radius 1 is 1.31 bits per heavy atom. The highest BCUT2D eigenvalue weighted by atomic mass is 16.5. The number of hydrogen-bond acceptors (Lipinski definition) is 3. The SMILES string of the molecule is O=C1CCCN(C2CCOC2)CC1. The topological polar surface area (TPSA) is 29.5 Å². The minimum atomic E-state index is 0.432. The highest BCUT2D eigenvalue weighted by molar-refractivity contribution is 5.78. The number of carbonyl (C=O) groups is 1. The molecule has 1 unspecified atom stereocenters. The zero-order chi connectivity index (χ0) is 9.10. The molecule has 2 heterocycles. The summed E-state index contributed by atoms with van der Waals surface area (Å²) in [6.45, 7) is 3.80. The van der Waals surface area contributed by atoms with Crippen LogP contribution in [-0.4, -0.2) is 43.0 Å². The summed E-state index contributed by atoms with van der Waals surface area (Å²) in [6.07, 6.45) is 3.71. The number of Topliss-reactive ketones (excluding diaryl/α,β-unsaturated/α-hetero) is 1. The predicted octanol–water partition coefficient (Wildman–Crippen LogP) is 0.830. The Kier molecular flexibility index (Phi) is 2.96. The minimum absolute atomic E-state index is 0.432. The van der Waals surface area contributed by atoms with Gasteiger partial charge in [0.25, 0.3) is 0 Å². The Hall–Kier alpha value is -0.410. The summed E-state index contributed by atoms with van der Waals surface area (Å²) in [4.78, 5) is 13.6. The first-order valence-corrected chi connectivity index (χ1v) is 5.20. The zero-order valence-corrected chi connectivity index (χ0v) is 8.00. The van der Waals surface area contributed by atoms with Crippen LogP contribution in [-0.2, 0) is 9.53 Å². The van der Waals surface area contributed by atoms with Gasteiger partial charge in [0.05, 0.1) is 6.61 Å². The second-order valence-electron chi connectivity index (χ2n) is 3.95. The van der Waals surface area contributed by atoms with Crippen LogP contribution in [0.2, 0.25) is 0 Å². The van der Waals surface area contributed by atoms with E-state index in [1.165, 1.54) is 0 Å². The quantitative estimate of drug-likeness (QED) is 0.603. The van der Waals surface area contributed by atoms with Crippen molar-refractivity contribution >= 4 is 5.78 Å². The highest BCUT2D eigenvalue weighted by Gasteiger charge is 2.24. The van der Waals surface area contributed by atoms with Gasteiger partial charge >= 0.3 is 0 Å². The Morgan fingerprint density at radius 2 is 2.23 bits per heavy atom. The van der Waals surface area contributed by atoms with Crippen molar-refractivity contribution in [3.8, 4) is 0 Å². The average molecular weight is 183 g/mol. The molecular formula is C10H17NO2. The van der Waals surface area contributed by atoms with Crippen LogP contribution in [0.3, 0.4) is 0 Å².